The molecule has 0 radical (unpaired) electrons. The minimum absolute atomic E-state index is 0.0576. The van der Waals surface area contributed by atoms with Gasteiger partial charge in [0.2, 0.25) is 0 Å². The Morgan fingerprint density at radius 3 is 1.54 bits per heavy atom. The van der Waals surface area contributed by atoms with Gasteiger partial charge in [0.1, 0.15) is 28.4 Å². The molecule has 5 aromatic rings. The van der Waals surface area contributed by atoms with Crippen LogP contribution in [0.5, 0.6) is 17.2 Å². The number of ether oxygens (including phenoxy) is 1. The van der Waals surface area contributed by atoms with Crippen molar-refractivity contribution in [1.29, 1.82) is 0 Å². The maximum absolute atomic E-state index is 13.5. The van der Waals surface area contributed by atoms with Crippen molar-refractivity contribution in [3.63, 3.8) is 0 Å². The number of fused-ring (bicyclic) bond motifs is 2. The van der Waals surface area contributed by atoms with E-state index in [2.05, 4.69) is 0 Å². The Kier molecular flexibility index (Phi) is 6.46. The lowest BCUT2D eigenvalue weighted by molar-refractivity contribution is 0.242. The summed E-state index contributed by atoms with van der Waals surface area (Å²) in [6, 6.07) is 13.9. The summed E-state index contributed by atoms with van der Waals surface area (Å²) in [5, 5.41) is 23.7. The highest BCUT2D eigenvalue weighted by atomic mass is 16.5. The quantitative estimate of drug-likeness (QED) is 0.251. The topological polar surface area (TPSA) is 110 Å². The Balaban J connectivity index is 1.88. The van der Waals surface area contributed by atoms with E-state index in [-0.39, 0.29) is 39.9 Å². The smallest absolute Gasteiger partial charge is 0.344 e. The highest BCUT2D eigenvalue weighted by molar-refractivity contribution is 5.89. The average Bonchev–Trinajstić information content (AvgIpc) is 2.85. The van der Waals surface area contributed by atoms with Crippen LogP contribution in [0.15, 0.2) is 67.0 Å². The van der Waals surface area contributed by atoms with E-state index < -0.39 is 17.2 Å². The molecule has 7 heteroatoms. The third kappa shape index (κ3) is 4.54. The molecule has 0 amide bonds. The van der Waals surface area contributed by atoms with Crippen LogP contribution in [0.2, 0.25) is 0 Å². The number of hydrogen-bond acceptors (Lipinski definition) is 7. The second kappa shape index (κ2) is 9.66. The summed E-state index contributed by atoms with van der Waals surface area (Å²) in [4.78, 5) is 27.0. The Hall–Kier alpha value is -4.52. The highest BCUT2D eigenvalue weighted by Gasteiger charge is 2.33. The fourth-order valence-electron chi connectivity index (χ4n) is 5.31. The van der Waals surface area contributed by atoms with Crippen molar-refractivity contribution < 1.29 is 23.8 Å². The summed E-state index contributed by atoms with van der Waals surface area (Å²) < 4.78 is 17.2. The molecular weight excluding hydrogens is 496 g/mol. The Morgan fingerprint density at radius 2 is 1.13 bits per heavy atom. The van der Waals surface area contributed by atoms with Gasteiger partial charge in [-0.3, -0.25) is 0 Å². The van der Waals surface area contributed by atoms with Gasteiger partial charge in [-0.1, -0.05) is 24.3 Å². The second-order valence-electron chi connectivity index (χ2n) is 10.4. The maximum Gasteiger partial charge on any atom is 0.344 e. The largest absolute Gasteiger partial charge is 0.507 e. The van der Waals surface area contributed by atoms with Gasteiger partial charge in [-0.05, 0) is 93.6 Å². The third-order valence-corrected chi connectivity index (χ3v) is 6.85. The van der Waals surface area contributed by atoms with E-state index in [1.807, 2.05) is 39.8 Å². The summed E-state index contributed by atoms with van der Waals surface area (Å²) >= 11 is 0. The molecule has 0 saturated carbocycles. The minimum Gasteiger partial charge on any atom is -0.507 e. The monoisotopic (exact) mass is 526 g/mol. The molecule has 2 heterocycles. The van der Waals surface area contributed by atoms with Crippen molar-refractivity contribution in [2.45, 2.75) is 53.6 Å². The van der Waals surface area contributed by atoms with Gasteiger partial charge >= 0.3 is 11.3 Å². The zero-order chi connectivity index (χ0) is 28.2. The fourth-order valence-corrected chi connectivity index (χ4v) is 5.31. The normalized spacial score (nSPS) is 11.7. The van der Waals surface area contributed by atoms with Gasteiger partial charge in [0.25, 0.3) is 0 Å². The lowest BCUT2D eigenvalue weighted by Crippen LogP contribution is -2.21. The lowest BCUT2D eigenvalue weighted by Gasteiger charge is -2.21. The first kappa shape index (κ1) is 26.1. The molecule has 200 valence electrons. The lowest BCUT2D eigenvalue weighted by atomic mass is 9.84. The summed E-state index contributed by atoms with van der Waals surface area (Å²) in [6.45, 7) is 11.1. The molecule has 0 aliphatic heterocycles. The van der Waals surface area contributed by atoms with Gasteiger partial charge in [0.15, 0.2) is 0 Å². The highest BCUT2D eigenvalue weighted by Crippen LogP contribution is 2.43. The van der Waals surface area contributed by atoms with Crippen LogP contribution in [0.1, 0.15) is 58.7 Å². The van der Waals surface area contributed by atoms with Gasteiger partial charge in [-0.25, -0.2) is 9.59 Å². The predicted octanol–water partition coefficient (Wildman–Crippen LogP) is 6.51. The first-order valence-corrected chi connectivity index (χ1v) is 12.8. The molecule has 0 spiro atoms. The van der Waals surface area contributed by atoms with E-state index in [1.54, 1.807) is 50.2 Å². The predicted molar refractivity (Wildman–Crippen MR) is 150 cm³/mol. The average molecular weight is 527 g/mol. The first-order chi connectivity index (χ1) is 18.5. The molecule has 2 N–H and O–H groups in total. The van der Waals surface area contributed by atoms with Crippen molar-refractivity contribution in [1.82, 2.24) is 0 Å². The maximum atomic E-state index is 13.5. The molecule has 3 aromatic carbocycles. The van der Waals surface area contributed by atoms with E-state index in [9.17, 15) is 19.8 Å². The number of benzene rings is 3. The summed E-state index contributed by atoms with van der Waals surface area (Å²) in [6.07, 6.45) is -0.0576. The molecule has 5 rings (SSSR count). The van der Waals surface area contributed by atoms with Crippen LogP contribution >= 0.6 is 0 Å². The van der Waals surface area contributed by atoms with Crippen molar-refractivity contribution in [3.8, 4) is 17.2 Å². The number of aryl methyl sites for hydroxylation is 4. The number of hydrogen-bond donors (Lipinski definition) is 2. The van der Waals surface area contributed by atoms with Gasteiger partial charge in [-0.15, -0.1) is 0 Å². The second-order valence-corrected chi connectivity index (χ2v) is 10.4. The molecule has 0 aliphatic carbocycles. The van der Waals surface area contributed by atoms with E-state index in [0.717, 1.165) is 11.1 Å². The minimum atomic E-state index is -1.19. The van der Waals surface area contributed by atoms with E-state index in [0.29, 0.717) is 33.2 Å². The molecule has 0 bridgehead atoms. The van der Waals surface area contributed by atoms with Crippen molar-refractivity contribution in [2.24, 2.45) is 0 Å². The van der Waals surface area contributed by atoms with Gasteiger partial charge in [0, 0.05) is 0 Å². The zero-order valence-electron chi connectivity index (χ0n) is 22.7. The number of aromatic hydroxyl groups is 2. The molecule has 2 aromatic heterocycles. The van der Waals surface area contributed by atoms with Crippen LogP contribution < -0.4 is 16.0 Å². The van der Waals surface area contributed by atoms with Crippen molar-refractivity contribution in [2.75, 3.05) is 0 Å². The molecule has 39 heavy (non-hydrogen) atoms. The Bertz CT molecular complexity index is 1750. The van der Waals surface area contributed by atoms with E-state index in [4.69, 9.17) is 13.6 Å². The van der Waals surface area contributed by atoms with Crippen LogP contribution in [-0.4, -0.2) is 16.3 Å². The standard InChI is InChI=1S/C32H30O7/c1-15(2)37-21-9-7-20(8-10-21)24(25-27(33)22-13-16(3)11-18(5)29(22)38-31(25)35)26-28(34)23-14-17(4)12-19(6)30(23)39-32(26)36/h7-15,24,33-34H,1-6H3. The van der Waals surface area contributed by atoms with Crippen LogP contribution in [0.4, 0.5) is 0 Å². The molecule has 0 aliphatic rings. The molecular formula is C32H30O7. The van der Waals surface area contributed by atoms with Gasteiger partial charge in [0.05, 0.1) is 33.9 Å². The van der Waals surface area contributed by atoms with Crippen LogP contribution in [0, 0.1) is 27.7 Å². The van der Waals surface area contributed by atoms with E-state index in [1.165, 1.54) is 0 Å². The summed E-state index contributed by atoms with van der Waals surface area (Å²) in [7, 11) is 0. The number of rotatable bonds is 5. The Labute approximate surface area is 224 Å². The third-order valence-electron chi connectivity index (χ3n) is 6.85. The summed E-state index contributed by atoms with van der Waals surface area (Å²) in [5.74, 6) is -1.24. The van der Waals surface area contributed by atoms with Crippen molar-refractivity contribution in [3.05, 3.63) is 108 Å². The molecule has 0 atom stereocenters. The van der Waals surface area contributed by atoms with E-state index >= 15 is 0 Å². The van der Waals surface area contributed by atoms with Gasteiger partial charge < -0.3 is 23.8 Å². The Morgan fingerprint density at radius 1 is 0.692 bits per heavy atom. The SMILES string of the molecule is Cc1cc(C)c2oc(=O)c(C(c3ccc(OC(C)C)cc3)c3c(O)c4cc(C)cc(C)c4oc3=O)c(O)c2c1. The molecule has 0 saturated heterocycles. The molecule has 0 unspecified atom stereocenters. The van der Waals surface area contributed by atoms with Crippen LogP contribution in [0.25, 0.3) is 21.9 Å². The fraction of sp³-hybridized carbons (Fsp3) is 0.250. The van der Waals surface area contributed by atoms with Crippen LogP contribution in [-0.2, 0) is 0 Å². The summed E-state index contributed by atoms with van der Waals surface area (Å²) in [5.41, 5.74) is 2.10. The zero-order valence-corrected chi connectivity index (χ0v) is 22.7. The molecule has 0 fully saturated rings. The first-order valence-electron chi connectivity index (χ1n) is 12.8. The van der Waals surface area contributed by atoms with Gasteiger partial charge in [-0.2, -0.15) is 0 Å². The molecule has 7 nitrogen and oxygen atoms in total. The van der Waals surface area contributed by atoms with Crippen LogP contribution in [0.3, 0.4) is 0 Å². The van der Waals surface area contributed by atoms with Crippen molar-refractivity contribution >= 4 is 21.9 Å².